The van der Waals surface area contributed by atoms with Gasteiger partial charge in [-0.1, -0.05) is 35.5 Å². The fourth-order valence-electron chi connectivity index (χ4n) is 2.68. The van der Waals surface area contributed by atoms with E-state index < -0.39 is 5.97 Å². The van der Waals surface area contributed by atoms with Crippen molar-refractivity contribution in [2.45, 2.75) is 26.8 Å². The van der Waals surface area contributed by atoms with Gasteiger partial charge >= 0.3 is 5.97 Å². The summed E-state index contributed by atoms with van der Waals surface area (Å²) in [6.45, 7) is 6.35. The van der Waals surface area contributed by atoms with Crippen LogP contribution in [0.4, 0.5) is 0 Å². The lowest BCUT2D eigenvalue weighted by molar-refractivity contribution is 0.0527. The first-order valence-corrected chi connectivity index (χ1v) is 8.26. The van der Waals surface area contributed by atoms with E-state index in [0.29, 0.717) is 29.1 Å². The summed E-state index contributed by atoms with van der Waals surface area (Å²) in [5.74, 6) is -0.0936. The van der Waals surface area contributed by atoms with Crippen LogP contribution in [0.25, 0.3) is 11.0 Å². The van der Waals surface area contributed by atoms with E-state index in [4.69, 9.17) is 9.47 Å². The number of hydrogen-bond acceptors (Lipinski definition) is 6. The van der Waals surface area contributed by atoms with Gasteiger partial charge in [0, 0.05) is 6.20 Å². The first-order valence-electron chi connectivity index (χ1n) is 8.26. The average Bonchev–Trinajstić information content (AvgIpc) is 3.08. The summed E-state index contributed by atoms with van der Waals surface area (Å²) >= 11 is 0. The molecule has 0 aliphatic rings. The Kier molecular flexibility index (Phi) is 4.92. The number of esters is 1. The Bertz CT molecular complexity index is 877. The quantitative estimate of drug-likeness (QED) is 0.642. The molecule has 3 rings (SSSR count). The predicted molar refractivity (Wildman–Crippen MR) is 92.7 cm³/mol. The standard InChI is InChI=1S/C18H20N4O3/c1-4-24-17-15-16(14(11-19-17)18(23)25-5-2)22(21-20-15)12(3)13-9-7-6-8-10-13/h6-12H,4-5H2,1-3H3. The zero-order valence-corrected chi connectivity index (χ0v) is 14.5. The minimum Gasteiger partial charge on any atom is -0.476 e. The normalized spacial score (nSPS) is 12.1. The Morgan fingerprint density at radius 3 is 2.64 bits per heavy atom. The van der Waals surface area contributed by atoms with Gasteiger partial charge in [-0.15, -0.1) is 5.10 Å². The van der Waals surface area contributed by atoms with E-state index in [-0.39, 0.29) is 12.6 Å². The third kappa shape index (κ3) is 3.17. The van der Waals surface area contributed by atoms with Crippen LogP contribution in [0.15, 0.2) is 36.5 Å². The van der Waals surface area contributed by atoms with E-state index in [1.165, 1.54) is 6.20 Å². The summed E-state index contributed by atoms with van der Waals surface area (Å²) < 4.78 is 12.4. The van der Waals surface area contributed by atoms with Crippen LogP contribution in [0.3, 0.4) is 0 Å². The molecule has 0 bridgehead atoms. The van der Waals surface area contributed by atoms with Gasteiger partial charge in [-0.05, 0) is 26.3 Å². The zero-order chi connectivity index (χ0) is 17.8. The van der Waals surface area contributed by atoms with Crippen molar-refractivity contribution >= 4 is 17.0 Å². The molecular weight excluding hydrogens is 320 g/mol. The van der Waals surface area contributed by atoms with E-state index in [1.54, 1.807) is 11.6 Å². The highest BCUT2D eigenvalue weighted by Gasteiger charge is 2.24. The third-order valence-electron chi connectivity index (χ3n) is 3.89. The monoisotopic (exact) mass is 340 g/mol. The van der Waals surface area contributed by atoms with Crippen LogP contribution >= 0.6 is 0 Å². The van der Waals surface area contributed by atoms with Crippen LogP contribution in [0.5, 0.6) is 5.88 Å². The molecule has 7 nitrogen and oxygen atoms in total. The molecule has 0 aliphatic carbocycles. The maximum absolute atomic E-state index is 12.4. The minimum absolute atomic E-state index is 0.115. The molecule has 2 heterocycles. The van der Waals surface area contributed by atoms with Crippen LogP contribution in [0, 0.1) is 0 Å². The molecule has 0 saturated carbocycles. The van der Waals surface area contributed by atoms with Crippen LogP contribution in [0.1, 0.15) is 42.7 Å². The molecule has 7 heteroatoms. The van der Waals surface area contributed by atoms with Crippen molar-refractivity contribution in [2.24, 2.45) is 0 Å². The van der Waals surface area contributed by atoms with Gasteiger partial charge in [0.15, 0.2) is 5.52 Å². The van der Waals surface area contributed by atoms with Crippen LogP contribution < -0.4 is 4.74 Å². The summed E-state index contributed by atoms with van der Waals surface area (Å²) in [7, 11) is 0. The van der Waals surface area contributed by atoms with Crippen LogP contribution in [-0.2, 0) is 4.74 Å². The molecule has 25 heavy (non-hydrogen) atoms. The van der Waals surface area contributed by atoms with Crippen molar-refractivity contribution < 1.29 is 14.3 Å². The van der Waals surface area contributed by atoms with Crippen molar-refractivity contribution in [3.63, 3.8) is 0 Å². The molecule has 1 unspecified atom stereocenters. The van der Waals surface area contributed by atoms with E-state index in [0.717, 1.165) is 5.56 Å². The molecule has 0 fully saturated rings. The van der Waals surface area contributed by atoms with Gasteiger partial charge in [-0.25, -0.2) is 14.5 Å². The van der Waals surface area contributed by atoms with Gasteiger partial charge in [0.25, 0.3) is 0 Å². The Labute approximate surface area is 145 Å². The number of ether oxygens (including phenoxy) is 2. The molecule has 1 atom stereocenters. The summed E-state index contributed by atoms with van der Waals surface area (Å²) in [4.78, 5) is 16.6. The zero-order valence-electron chi connectivity index (χ0n) is 14.5. The lowest BCUT2D eigenvalue weighted by Crippen LogP contribution is -2.13. The van der Waals surface area contributed by atoms with Gasteiger partial charge in [0.2, 0.25) is 5.88 Å². The lowest BCUT2D eigenvalue weighted by Gasteiger charge is -2.14. The van der Waals surface area contributed by atoms with Crippen LogP contribution in [-0.4, -0.2) is 39.2 Å². The van der Waals surface area contributed by atoms with Crippen molar-refractivity contribution in [1.29, 1.82) is 0 Å². The Hall–Kier alpha value is -2.96. The molecule has 0 amide bonds. The van der Waals surface area contributed by atoms with Crippen molar-refractivity contribution in [3.8, 4) is 5.88 Å². The average molecular weight is 340 g/mol. The van der Waals surface area contributed by atoms with Crippen molar-refractivity contribution in [2.75, 3.05) is 13.2 Å². The summed E-state index contributed by atoms with van der Waals surface area (Å²) in [6.07, 6.45) is 1.46. The minimum atomic E-state index is -0.452. The highest BCUT2D eigenvalue weighted by molar-refractivity contribution is 6.02. The first-order chi connectivity index (χ1) is 12.2. The lowest BCUT2D eigenvalue weighted by atomic mass is 10.1. The molecule has 0 N–H and O–H groups in total. The number of aromatic nitrogens is 4. The van der Waals surface area contributed by atoms with Crippen LogP contribution in [0.2, 0.25) is 0 Å². The van der Waals surface area contributed by atoms with Gasteiger partial charge in [0.1, 0.15) is 11.1 Å². The molecule has 1 aromatic carbocycles. The smallest absolute Gasteiger partial charge is 0.341 e. The highest BCUT2D eigenvalue weighted by Crippen LogP contribution is 2.29. The maximum Gasteiger partial charge on any atom is 0.341 e. The third-order valence-corrected chi connectivity index (χ3v) is 3.89. The number of fused-ring (bicyclic) bond motifs is 1. The summed E-state index contributed by atoms with van der Waals surface area (Å²) in [5, 5.41) is 8.46. The fourth-order valence-corrected chi connectivity index (χ4v) is 2.68. The Morgan fingerprint density at radius 1 is 1.20 bits per heavy atom. The molecule has 3 aromatic rings. The van der Waals surface area contributed by atoms with E-state index >= 15 is 0 Å². The topological polar surface area (TPSA) is 79.1 Å². The second-order valence-corrected chi connectivity index (χ2v) is 5.45. The highest BCUT2D eigenvalue weighted by atomic mass is 16.5. The first kappa shape index (κ1) is 16.9. The number of pyridine rings is 1. The van der Waals surface area contributed by atoms with E-state index in [2.05, 4.69) is 15.3 Å². The number of nitrogens with zero attached hydrogens (tertiary/aromatic N) is 4. The summed E-state index contributed by atoms with van der Waals surface area (Å²) in [5.41, 5.74) is 2.40. The molecular formula is C18H20N4O3. The Balaban J connectivity index is 2.18. The molecule has 2 aromatic heterocycles. The van der Waals surface area contributed by atoms with Gasteiger partial charge in [-0.3, -0.25) is 0 Å². The number of carbonyl (C=O) groups excluding carboxylic acids is 1. The molecule has 0 aliphatic heterocycles. The summed E-state index contributed by atoms with van der Waals surface area (Å²) in [6, 6.07) is 9.78. The molecule has 0 spiro atoms. The predicted octanol–water partition coefficient (Wildman–Crippen LogP) is 3.01. The second kappa shape index (κ2) is 7.29. The fraction of sp³-hybridized carbons (Fsp3) is 0.333. The van der Waals surface area contributed by atoms with Crippen molar-refractivity contribution in [1.82, 2.24) is 20.0 Å². The largest absolute Gasteiger partial charge is 0.476 e. The number of hydrogen-bond donors (Lipinski definition) is 0. The Morgan fingerprint density at radius 2 is 1.96 bits per heavy atom. The molecule has 0 saturated heterocycles. The van der Waals surface area contributed by atoms with Gasteiger partial charge in [0.05, 0.1) is 19.3 Å². The number of rotatable bonds is 6. The maximum atomic E-state index is 12.4. The number of carbonyl (C=O) groups is 1. The SMILES string of the molecule is CCOC(=O)c1cnc(OCC)c2nnn(C(C)c3ccccc3)c12. The second-order valence-electron chi connectivity index (χ2n) is 5.45. The molecule has 130 valence electrons. The van der Waals surface area contributed by atoms with Gasteiger partial charge in [-0.2, -0.15) is 0 Å². The van der Waals surface area contributed by atoms with Crippen molar-refractivity contribution in [3.05, 3.63) is 47.7 Å². The molecule has 0 radical (unpaired) electrons. The van der Waals surface area contributed by atoms with E-state index in [1.807, 2.05) is 44.2 Å². The van der Waals surface area contributed by atoms with Gasteiger partial charge < -0.3 is 9.47 Å². The van der Waals surface area contributed by atoms with E-state index in [9.17, 15) is 4.79 Å². The number of benzene rings is 1.